The summed E-state index contributed by atoms with van der Waals surface area (Å²) < 4.78 is 8.87. The summed E-state index contributed by atoms with van der Waals surface area (Å²) >= 11 is 0. The summed E-state index contributed by atoms with van der Waals surface area (Å²) in [4.78, 5) is 73.3. The van der Waals surface area contributed by atoms with Crippen LogP contribution in [0.3, 0.4) is 0 Å². The van der Waals surface area contributed by atoms with Crippen molar-refractivity contribution < 1.29 is 38.2 Å². The van der Waals surface area contributed by atoms with Crippen LogP contribution in [0.5, 0.6) is 0 Å². The summed E-state index contributed by atoms with van der Waals surface area (Å²) in [6, 6.07) is 4.75. The fourth-order valence-electron chi connectivity index (χ4n) is 2.82. The third-order valence-corrected chi connectivity index (χ3v) is 4.38. The molecule has 160 valence electrons. The van der Waals surface area contributed by atoms with E-state index in [0.29, 0.717) is 0 Å². The molecule has 0 spiro atoms. The largest absolute Gasteiger partial charge is 0.468 e. The molecule has 2 N–H and O–H groups in total. The van der Waals surface area contributed by atoms with E-state index in [1.165, 1.54) is 19.2 Å². The number of carbonyl (C=O) groups excluding carboxylic acids is 6. The molecule has 11 nitrogen and oxygen atoms in total. The Morgan fingerprint density at radius 2 is 1.40 bits per heavy atom. The van der Waals surface area contributed by atoms with Crippen molar-refractivity contribution in [2.45, 2.75) is 18.9 Å². The van der Waals surface area contributed by atoms with Crippen molar-refractivity contribution in [2.24, 2.45) is 0 Å². The van der Waals surface area contributed by atoms with Crippen LogP contribution in [0.25, 0.3) is 0 Å². The van der Waals surface area contributed by atoms with Crippen LogP contribution in [0.2, 0.25) is 0 Å². The molecule has 1 atom stereocenters. The van der Waals surface area contributed by atoms with E-state index in [1.54, 1.807) is 12.1 Å². The van der Waals surface area contributed by atoms with Crippen LogP contribution in [0.1, 0.15) is 33.6 Å². The van der Waals surface area contributed by atoms with E-state index >= 15 is 0 Å². The van der Waals surface area contributed by atoms with E-state index in [0.717, 1.165) is 12.0 Å². The number of hydrogen-bond donors (Lipinski definition) is 2. The molecule has 1 heterocycles. The second-order valence-corrected chi connectivity index (χ2v) is 6.23. The number of imide groups is 1. The first-order valence-electron chi connectivity index (χ1n) is 8.95. The highest BCUT2D eigenvalue weighted by molar-refractivity contribution is 6.22. The first-order chi connectivity index (χ1) is 14.3. The number of esters is 2. The maximum absolute atomic E-state index is 12.7. The number of nitrogens with zero attached hydrogens (tertiary/aromatic N) is 1. The number of methoxy groups -OCH3 is 2. The van der Waals surface area contributed by atoms with Gasteiger partial charge < -0.3 is 20.1 Å². The molecular formula is C19H21N3O8. The Hall–Kier alpha value is -3.76. The Balaban J connectivity index is 2.16. The Bertz CT molecular complexity index is 847. The molecule has 0 aliphatic carbocycles. The molecule has 0 radical (unpaired) electrons. The summed E-state index contributed by atoms with van der Waals surface area (Å²) in [5.41, 5.74) is 0.284. The topological polar surface area (TPSA) is 148 Å². The lowest BCUT2D eigenvalue weighted by molar-refractivity contribution is -0.141. The Kier molecular flexibility index (Phi) is 7.62. The van der Waals surface area contributed by atoms with Gasteiger partial charge in [0.25, 0.3) is 11.8 Å². The predicted molar refractivity (Wildman–Crippen MR) is 100 cm³/mol. The van der Waals surface area contributed by atoms with E-state index in [9.17, 15) is 28.8 Å². The highest BCUT2D eigenvalue weighted by Crippen LogP contribution is 2.26. The zero-order valence-electron chi connectivity index (χ0n) is 16.4. The monoisotopic (exact) mass is 419 g/mol. The van der Waals surface area contributed by atoms with Crippen molar-refractivity contribution in [1.82, 2.24) is 15.5 Å². The van der Waals surface area contributed by atoms with E-state index in [-0.39, 0.29) is 30.5 Å². The number of ether oxygens (including phenoxy) is 2. The Morgan fingerprint density at radius 1 is 0.900 bits per heavy atom. The van der Waals surface area contributed by atoms with Crippen molar-refractivity contribution in [3.63, 3.8) is 0 Å². The predicted octanol–water partition coefficient (Wildman–Crippen LogP) is -0.990. The Morgan fingerprint density at radius 3 is 1.90 bits per heavy atom. The highest BCUT2D eigenvalue weighted by atomic mass is 16.5. The molecule has 2 rings (SSSR count). The van der Waals surface area contributed by atoms with Gasteiger partial charge in [-0.3, -0.25) is 33.7 Å². The molecule has 0 unspecified atom stereocenters. The van der Waals surface area contributed by atoms with Gasteiger partial charge in [-0.25, -0.2) is 0 Å². The fourth-order valence-corrected chi connectivity index (χ4v) is 2.82. The molecule has 0 saturated carbocycles. The van der Waals surface area contributed by atoms with Crippen LogP contribution >= 0.6 is 0 Å². The molecule has 0 aromatic heterocycles. The molecule has 4 amide bonds. The minimum atomic E-state index is -1.34. The molecule has 11 heteroatoms. The Labute approximate surface area is 171 Å². The number of fused-ring (bicyclic) bond motifs is 1. The van der Waals surface area contributed by atoms with Crippen molar-refractivity contribution in [3.8, 4) is 0 Å². The lowest BCUT2D eigenvalue weighted by Crippen LogP contribution is -2.51. The second-order valence-electron chi connectivity index (χ2n) is 6.23. The third-order valence-electron chi connectivity index (χ3n) is 4.38. The molecule has 0 fully saturated rings. The van der Waals surface area contributed by atoms with Gasteiger partial charge in [0.1, 0.15) is 19.1 Å². The lowest BCUT2D eigenvalue weighted by atomic mass is 10.1. The van der Waals surface area contributed by atoms with Gasteiger partial charge in [-0.1, -0.05) is 12.1 Å². The smallest absolute Gasteiger partial charge is 0.325 e. The zero-order chi connectivity index (χ0) is 22.3. The SMILES string of the molecule is COC(=O)CNC(=O)CC[C@H](C(=O)NCC(=O)OC)N1C(=O)c2ccccc2C1=O. The van der Waals surface area contributed by atoms with Gasteiger partial charge in [-0.05, 0) is 18.6 Å². The normalized spacial score (nSPS) is 13.3. The quantitative estimate of drug-likeness (QED) is 0.383. The summed E-state index contributed by atoms with van der Waals surface area (Å²) in [5.74, 6) is -4.11. The average Bonchev–Trinajstić information content (AvgIpc) is 3.01. The van der Waals surface area contributed by atoms with E-state index < -0.39 is 48.2 Å². The van der Waals surface area contributed by atoms with Crippen LogP contribution in [0.4, 0.5) is 0 Å². The molecule has 1 aromatic rings. The van der Waals surface area contributed by atoms with Crippen molar-refractivity contribution >= 4 is 35.6 Å². The van der Waals surface area contributed by atoms with Crippen molar-refractivity contribution in [3.05, 3.63) is 35.4 Å². The van der Waals surface area contributed by atoms with Gasteiger partial charge in [0.15, 0.2) is 0 Å². The first kappa shape index (κ1) is 22.5. The summed E-state index contributed by atoms with van der Waals surface area (Å²) in [6.07, 6.45) is -0.480. The summed E-state index contributed by atoms with van der Waals surface area (Å²) in [5, 5.41) is 4.61. The minimum absolute atomic E-state index is 0.142. The zero-order valence-corrected chi connectivity index (χ0v) is 16.4. The van der Waals surface area contributed by atoms with Gasteiger partial charge in [0.2, 0.25) is 11.8 Å². The third kappa shape index (κ3) is 5.19. The molecule has 1 aliphatic rings. The molecule has 30 heavy (non-hydrogen) atoms. The number of benzene rings is 1. The summed E-state index contributed by atoms with van der Waals surface area (Å²) in [7, 11) is 2.31. The standard InChI is InChI=1S/C19H21N3O8/c1-29-15(24)9-20-14(23)8-7-13(17(26)21-10-16(25)30-2)22-18(27)11-5-3-4-6-12(11)19(22)28/h3-6,13H,7-10H2,1-2H3,(H,20,23)(H,21,26)/t13-/m1/s1. The highest BCUT2D eigenvalue weighted by Gasteiger charge is 2.42. The molecule has 0 saturated heterocycles. The van der Waals surface area contributed by atoms with Gasteiger partial charge in [-0.15, -0.1) is 0 Å². The van der Waals surface area contributed by atoms with E-state index in [4.69, 9.17) is 0 Å². The van der Waals surface area contributed by atoms with Gasteiger partial charge in [-0.2, -0.15) is 0 Å². The fraction of sp³-hybridized carbons (Fsp3) is 0.368. The first-order valence-corrected chi connectivity index (χ1v) is 8.95. The van der Waals surface area contributed by atoms with Crippen molar-refractivity contribution in [2.75, 3.05) is 27.3 Å². The molecule has 1 aromatic carbocycles. The lowest BCUT2D eigenvalue weighted by Gasteiger charge is -2.25. The number of nitrogens with one attached hydrogen (secondary N) is 2. The van der Waals surface area contributed by atoms with Gasteiger partial charge in [0, 0.05) is 6.42 Å². The number of carbonyl (C=O) groups is 6. The van der Waals surface area contributed by atoms with Crippen LogP contribution in [0.15, 0.2) is 24.3 Å². The molecule has 0 bridgehead atoms. The minimum Gasteiger partial charge on any atom is -0.468 e. The van der Waals surface area contributed by atoms with Crippen LogP contribution in [-0.2, 0) is 28.7 Å². The molecule has 1 aliphatic heterocycles. The second kappa shape index (κ2) is 10.1. The molecular weight excluding hydrogens is 398 g/mol. The average molecular weight is 419 g/mol. The van der Waals surface area contributed by atoms with E-state index in [2.05, 4.69) is 20.1 Å². The maximum atomic E-state index is 12.7. The van der Waals surface area contributed by atoms with Crippen LogP contribution in [0, 0.1) is 0 Å². The summed E-state index contributed by atoms with van der Waals surface area (Å²) in [6.45, 7) is -0.828. The number of amides is 4. The number of rotatable bonds is 9. The maximum Gasteiger partial charge on any atom is 0.325 e. The van der Waals surface area contributed by atoms with Crippen molar-refractivity contribution in [1.29, 1.82) is 0 Å². The van der Waals surface area contributed by atoms with Gasteiger partial charge >= 0.3 is 11.9 Å². The van der Waals surface area contributed by atoms with Gasteiger partial charge in [0.05, 0.1) is 25.3 Å². The van der Waals surface area contributed by atoms with Crippen LogP contribution < -0.4 is 10.6 Å². The number of hydrogen-bond acceptors (Lipinski definition) is 8. The van der Waals surface area contributed by atoms with Crippen LogP contribution in [-0.4, -0.2) is 73.8 Å². The van der Waals surface area contributed by atoms with E-state index in [1.807, 2.05) is 0 Å².